The van der Waals surface area contributed by atoms with Crippen molar-refractivity contribution >= 4 is 50.9 Å². The highest BCUT2D eigenvalue weighted by Gasteiger charge is 2.54. The number of rotatable bonds is 11. The van der Waals surface area contributed by atoms with Gasteiger partial charge in [-0.3, -0.25) is 10.2 Å². The van der Waals surface area contributed by atoms with Crippen LogP contribution in [0, 0.1) is 0 Å². The summed E-state index contributed by atoms with van der Waals surface area (Å²) >= 11 is 16.6. The zero-order valence-electron chi connectivity index (χ0n) is 24.3. The first-order valence-corrected chi connectivity index (χ1v) is 16.3. The van der Waals surface area contributed by atoms with Crippen molar-refractivity contribution in [1.29, 1.82) is 0 Å². The highest BCUT2D eigenvalue weighted by molar-refractivity contribution is 9.10. The summed E-state index contributed by atoms with van der Waals surface area (Å²) in [6, 6.07) is 28.7. The lowest BCUT2D eigenvalue weighted by molar-refractivity contribution is -0.130. The number of fused-ring (bicyclic) bond motifs is 1. The van der Waals surface area contributed by atoms with Crippen molar-refractivity contribution in [3.05, 3.63) is 133 Å². The summed E-state index contributed by atoms with van der Waals surface area (Å²) in [7, 11) is 0. The van der Waals surface area contributed by atoms with Gasteiger partial charge in [0.2, 0.25) is 5.90 Å². The lowest BCUT2D eigenvalue weighted by Crippen LogP contribution is -2.56. The van der Waals surface area contributed by atoms with Crippen molar-refractivity contribution in [1.82, 2.24) is 10.9 Å². The molecule has 0 fully saturated rings. The second-order valence-electron chi connectivity index (χ2n) is 11.2. The Morgan fingerprint density at radius 2 is 1.71 bits per heavy atom. The Hall–Kier alpha value is -3.40. The van der Waals surface area contributed by atoms with Gasteiger partial charge in [0.25, 0.3) is 5.91 Å². The Morgan fingerprint density at radius 1 is 1.00 bits per heavy atom. The van der Waals surface area contributed by atoms with Crippen molar-refractivity contribution in [2.24, 2.45) is 4.99 Å². The lowest BCUT2D eigenvalue weighted by atomic mass is 9.82. The normalized spacial score (nSPS) is 19.1. The molecule has 0 bridgehead atoms. The summed E-state index contributed by atoms with van der Waals surface area (Å²) in [5.41, 5.74) is 9.61. The minimum atomic E-state index is -1.42. The molecule has 7 nitrogen and oxygen atoms in total. The summed E-state index contributed by atoms with van der Waals surface area (Å²) in [4.78, 5) is 19.6. The number of aliphatic imine (C=N–C) groups is 1. The molecule has 3 N–H and O–H groups in total. The third-order valence-corrected chi connectivity index (χ3v) is 9.19. The van der Waals surface area contributed by atoms with Gasteiger partial charge in [-0.15, -0.1) is 0 Å². The van der Waals surface area contributed by atoms with Crippen LogP contribution in [0.2, 0.25) is 10.0 Å². The molecule has 232 valence electrons. The molecule has 2 atom stereocenters. The number of ether oxygens (including phenoxy) is 2. The summed E-state index contributed by atoms with van der Waals surface area (Å²) in [5.74, 6) is 0.633. The van der Waals surface area contributed by atoms with E-state index in [2.05, 4.69) is 38.9 Å². The average Bonchev–Trinajstić information content (AvgIpc) is 3.64. The number of aliphatic hydroxyl groups is 1. The van der Waals surface area contributed by atoms with Gasteiger partial charge in [0.05, 0.1) is 6.61 Å². The van der Waals surface area contributed by atoms with E-state index in [-0.39, 0.29) is 25.0 Å². The number of hydrogen-bond acceptors (Lipinski definition) is 6. The summed E-state index contributed by atoms with van der Waals surface area (Å²) in [5, 5.41) is 9.93. The molecule has 10 heteroatoms. The van der Waals surface area contributed by atoms with Gasteiger partial charge in [-0.1, -0.05) is 81.6 Å². The molecule has 1 aliphatic heterocycles. The van der Waals surface area contributed by atoms with Crippen LogP contribution >= 0.6 is 39.1 Å². The van der Waals surface area contributed by atoms with Crippen LogP contribution in [0.25, 0.3) is 0 Å². The summed E-state index contributed by atoms with van der Waals surface area (Å²) in [6.45, 7) is 0.461. The number of carbonyl (C=O) groups excluding carboxylic acids is 1. The van der Waals surface area contributed by atoms with E-state index in [4.69, 9.17) is 42.8 Å². The fraction of sp³-hybridized carbons (Fsp3) is 0.257. The first-order valence-electron chi connectivity index (χ1n) is 14.8. The molecule has 0 saturated carbocycles. The molecule has 0 spiro atoms. The van der Waals surface area contributed by atoms with Gasteiger partial charge in [0, 0.05) is 51.1 Å². The summed E-state index contributed by atoms with van der Waals surface area (Å²) < 4.78 is 13.2. The monoisotopic (exact) mass is 707 g/mol. The molecule has 0 radical (unpaired) electrons. The molecule has 1 heterocycles. The minimum Gasteiger partial charge on any atom is -0.494 e. The fourth-order valence-electron chi connectivity index (χ4n) is 5.82. The number of hydrazine groups is 1. The quantitative estimate of drug-likeness (QED) is 0.118. The van der Waals surface area contributed by atoms with E-state index < -0.39 is 11.6 Å². The third-order valence-electron chi connectivity index (χ3n) is 8.10. The maximum Gasteiger partial charge on any atom is 0.266 e. The molecule has 45 heavy (non-hydrogen) atoms. The second kappa shape index (κ2) is 13.9. The Labute approximate surface area is 280 Å². The van der Waals surface area contributed by atoms with E-state index in [0.717, 1.165) is 22.9 Å². The van der Waals surface area contributed by atoms with Gasteiger partial charge in [-0.05, 0) is 78.1 Å². The van der Waals surface area contributed by atoms with E-state index in [1.165, 1.54) is 11.1 Å². The average molecular weight is 709 g/mol. The number of hydrogen-bond donors (Lipinski definition) is 3. The van der Waals surface area contributed by atoms with E-state index in [0.29, 0.717) is 45.8 Å². The number of nitrogens with zero attached hydrogens (tertiary/aromatic N) is 1. The molecule has 1 amide bonds. The predicted molar refractivity (Wildman–Crippen MR) is 180 cm³/mol. The first-order chi connectivity index (χ1) is 21.8. The molecule has 2 aliphatic rings. The zero-order chi connectivity index (χ0) is 31.4. The Balaban J connectivity index is 1.37. The molecular formula is C35H32BrCl2N3O4. The van der Waals surface area contributed by atoms with Crippen LogP contribution < -0.4 is 15.6 Å². The van der Waals surface area contributed by atoms with Crippen LogP contribution in [0.1, 0.15) is 40.3 Å². The SMILES string of the molecule is O=C(NNC1Cc2ccccc2C1)[C@@]1(Cc2ccc(Br)cc2)N=C(c2ccc(OCCCO)cc2)O[C@H]1c1ccc(Cl)cc1Cl. The van der Waals surface area contributed by atoms with Gasteiger partial charge in [-0.25, -0.2) is 10.4 Å². The summed E-state index contributed by atoms with van der Waals surface area (Å²) in [6.07, 6.45) is 1.54. The van der Waals surface area contributed by atoms with Crippen LogP contribution in [0.5, 0.6) is 5.75 Å². The van der Waals surface area contributed by atoms with Gasteiger partial charge in [0.1, 0.15) is 5.75 Å². The van der Waals surface area contributed by atoms with Gasteiger partial charge in [0.15, 0.2) is 11.6 Å². The first kappa shape index (κ1) is 31.6. The lowest BCUT2D eigenvalue weighted by Gasteiger charge is -2.32. The van der Waals surface area contributed by atoms with E-state index >= 15 is 0 Å². The Kier molecular flexibility index (Phi) is 9.78. The van der Waals surface area contributed by atoms with Gasteiger partial charge >= 0.3 is 0 Å². The molecule has 1 aliphatic carbocycles. The number of halogens is 3. The maximum absolute atomic E-state index is 14.5. The van der Waals surface area contributed by atoms with E-state index in [9.17, 15) is 4.79 Å². The predicted octanol–water partition coefficient (Wildman–Crippen LogP) is 6.80. The number of amides is 1. The number of nitrogens with one attached hydrogen (secondary N) is 2. The fourth-order valence-corrected chi connectivity index (χ4v) is 6.60. The third kappa shape index (κ3) is 7.05. The zero-order valence-corrected chi connectivity index (χ0v) is 27.4. The Bertz CT molecular complexity index is 1680. The van der Waals surface area contributed by atoms with Crippen LogP contribution in [0.15, 0.2) is 100 Å². The standard InChI is InChI=1S/C35H32BrCl2N3O4/c36-26-10-6-22(7-11-26)21-35(34(43)41-40-28-18-24-4-1-2-5-25(24)19-28)32(30-15-12-27(37)20-31(30)38)45-33(39-35)23-8-13-29(14-9-23)44-17-3-16-42/h1-2,4-15,20,28,32,40,42H,3,16-19,21H2,(H,41,43)/t32-,35-/m0/s1. The van der Waals surface area contributed by atoms with Crippen LogP contribution in [-0.2, 0) is 28.8 Å². The maximum atomic E-state index is 14.5. The highest BCUT2D eigenvalue weighted by Crippen LogP contribution is 2.45. The topological polar surface area (TPSA) is 92.2 Å². The number of carbonyl (C=O) groups is 1. The minimum absolute atomic E-state index is 0.0396. The largest absolute Gasteiger partial charge is 0.494 e. The van der Waals surface area contributed by atoms with Crippen LogP contribution in [0.3, 0.4) is 0 Å². The Morgan fingerprint density at radius 3 is 2.38 bits per heavy atom. The highest BCUT2D eigenvalue weighted by atomic mass is 79.9. The van der Waals surface area contributed by atoms with Crippen molar-refractivity contribution < 1.29 is 19.4 Å². The molecule has 4 aromatic rings. The van der Waals surface area contributed by atoms with Crippen molar-refractivity contribution in [2.75, 3.05) is 13.2 Å². The smallest absolute Gasteiger partial charge is 0.266 e. The van der Waals surface area contributed by atoms with E-state index in [1.807, 2.05) is 60.7 Å². The number of benzene rings is 4. The van der Waals surface area contributed by atoms with Crippen molar-refractivity contribution in [2.45, 2.75) is 43.4 Å². The second-order valence-corrected chi connectivity index (χ2v) is 13.0. The molecular weight excluding hydrogens is 677 g/mol. The molecule has 0 saturated heterocycles. The van der Waals surface area contributed by atoms with Gasteiger partial charge in [-0.2, -0.15) is 0 Å². The van der Waals surface area contributed by atoms with Crippen LogP contribution in [-0.4, -0.2) is 41.7 Å². The van der Waals surface area contributed by atoms with Crippen molar-refractivity contribution in [3.63, 3.8) is 0 Å². The molecule has 4 aromatic carbocycles. The molecule has 6 rings (SSSR count). The van der Waals surface area contributed by atoms with Crippen LogP contribution in [0.4, 0.5) is 0 Å². The van der Waals surface area contributed by atoms with Gasteiger partial charge < -0.3 is 14.6 Å². The number of aliphatic hydroxyl groups excluding tert-OH is 1. The molecule has 0 unspecified atom stereocenters. The molecule has 0 aromatic heterocycles. The van der Waals surface area contributed by atoms with E-state index in [1.54, 1.807) is 18.2 Å². The van der Waals surface area contributed by atoms with Crippen molar-refractivity contribution in [3.8, 4) is 5.75 Å².